The van der Waals surface area contributed by atoms with Gasteiger partial charge in [0.05, 0.1) is 18.7 Å². The summed E-state index contributed by atoms with van der Waals surface area (Å²) >= 11 is 0. The Morgan fingerprint density at radius 2 is 2.13 bits per heavy atom. The van der Waals surface area contributed by atoms with Crippen LogP contribution in [0.3, 0.4) is 0 Å². The number of ether oxygens (including phenoxy) is 1. The Morgan fingerprint density at radius 3 is 2.91 bits per heavy atom. The molecule has 1 atom stereocenters. The lowest BCUT2D eigenvalue weighted by molar-refractivity contribution is -0.125. The maximum atomic E-state index is 11.9. The maximum Gasteiger partial charge on any atom is 0.242 e. The fourth-order valence-corrected chi connectivity index (χ4v) is 2.69. The highest BCUT2D eigenvalue weighted by Gasteiger charge is 2.26. The van der Waals surface area contributed by atoms with E-state index in [2.05, 4.69) is 16.0 Å². The Balaban J connectivity index is 1.53. The third-order valence-corrected chi connectivity index (χ3v) is 3.93. The summed E-state index contributed by atoms with van der Waals surface area (Å²) in [5.41, 5.74) is 1.66. The van der Waals surface area contributed by atoms with E-state index in [0.717, 1.165) is 5.56 Å². The molecule has 3 N–H and O–H groups in total. The summed E-state index contributed by atoms with van der Waals surface area (Å²) in [5, 5.41) is 8.28. The van der Waals surface area contributed by atoms with Crippen molar-refractivity contribution in [2.75, 3.05) is 18.5 Å². The number of benzene rings is 1. The van der Waals surface area contributed by atoms with Crippen LogP contribution in [0, 0.1) is 0 Å². The molecule has 0 aliphatic carbocycles. The van der Waals surface area contributed by atoms with Crippen LogP contribution in [0.5, 0.6) is 5.75 Å². The molecule has 1 aromatic carbocycles. The Labute approximate surface area is 133 Å². The van der Waals surface area contributed by atoms with Crippen LogP contribution in [0.2, 0.25) is 0 Å². The second kappa shape index (κ2) is 6.68. The summed E-state index contributed by atoms with van der Waals surface area (Å²) in [6, 6.07) is 5.19. The number of rotatable bonds is 4. The summed E-state index contributed by atoms with van der Waals surface area (Å²) in [6.07, 6.45) is 1.93. The molecule has 3 rings (SSSR count). The van der Waals surface area contributed by atoms with Crippen LogP contribution in [0.25, 0.3) is 0 Å². The van der Waals surface area contributed by atoms with Gasteiger partial charge in [0.25, 0.3) is 0 Å². The average molecular weight is 317 g/mol. The lowest BCUT2D eigenvalue weighted by Gasteiger charge is -2.12. The monoisotopic (exact) mass is 317 g/mol. The molecule has 0 aromatic heterocycles. The van der Waals surface area contributed by atoms with Gasteiger partial charge in [-0.2, -0.15) is 0 Å². The summed E-state index contributed by atoms with van der Waals surface area (Å²) in [6.45, 7) is 0.847. The first kappa shape index (κ1) is 15.3. The van der Waals surface area contributed by atoms with Crippen molar-refractivity contribution in [3.63, 3.8) is 0 Å². The standard InChI is InChI=1S/C16H19N3O4/c20-14-4-2-11(18-14)16(22)17-7-5-10-1-3-13-12(9-10)19-15(21)6-8-23-13/h1,3,9,11H,2,4-8H2,(H,17,22)(H,18,20)(H,19,21). The minimum atomic E-state index is -0.415. The van der Waals surface area contributed by atoms with E-state index in [1.54, 1.807) is 0 Å². The minimum Gasteiger partial charge on any atom is -0.491 e. The van der Waals surface area contributed by atoms with Crippen molar-refractivity contribution < 1.29 is 19.1 Å². The molecule has 1 fully saturated rings. The van der Waals surface area contributed by atoms with Gasteiger partial charge in [-0.05, 0) is 30.5 Å². The van der Waals surface area contributed by atoms with E-state index in [1.807, 2.05) is 18.2 Å². The van der Waals surface area contributed by atoms with Crippen molar-refractivity contribution in [3.8, 4) is 5.75 Å². The lowest BCUT2D eigenvalue weighted by atomic mass is 10.1. The zero-order chi connectivity index (χ0) is 16.2. The zero-order valence-electron chi connectivity index (χ0n) is 12.7. The van der Waals surface area contributed by atoms with Gasteiger partial charge in [0.1, 0.15) is 11.8 Å². The number of carbonyl (C=O) groups is 3. The average Bonchev–Trinajstić information content (AvgIpc) is 2.86. The zero-order valence-corrected chi connectivity index (χ0v) is 12.7. The van der Waals surface area contributed by atoms with Crippen LogP contribution >= 0.6 is 0 Å². The van der Waals surface area contributed by atoms with Gasteiger partial charge in [-0.25, -0.2) is 0 Å². The molecule has 2 aliphatic rings. The molecule has 122 valence electrons. The fourth-order valence-electron chi connectivity index (χ4n) is 2.69. The van der Waals surface area contributed by atoms with Crippen LogP contribution in [0.15, 0.2) is 18.2 Å². The Morgan fingerprint density at radius 1 is 1.26 bits per heavy atom. The molecular weight excluding hydrogens is 298 g/mol. The quantitative estimate of drug-likeness (QED) is 0.746. The van der Waals surface area contributed by atoms with E-state index in [1.165, 1.54) is 0 Å². The molecule has 23 heavy (non-hydrogen) atoms. The van der Waals surface area contributed by atoms with Crippen molar-refractivity contribution in [2.45, 2.75) is 31.7 Å². The number of hydrogen-bond donors (Lipinski definition) is 3. The van der Waals surface area contributed by atoms with E-state index in [-0.39, 0.29) is 17.7 Å². The summed E-state index contributed by atoms with van der Waals surface area (Å²) in [4.78, 5) is 34.6. The lowest BCUT2D eigenvalue weighted by Crippen LogP contribution is -2.42. The molecule has 7 nitrogen and oxygen atoms in total. The van der Waals surface area contributed by atoms with E-state index in [0.29, 0.717) is 50.3 Å². The van der Waals surface area contributed by atoms with Crippen LogP contribution < -0.4 is 20.7 Å². The summed E-state index contributed by atoms with van der Waals surface area (Å²) in [7, 11) is 0. The van der Waals surface area contributed by atoms with Gasteiger partial charge >= 0.3 is 0 Å². The van der Waals surface area contributed by atoms with Crippen LogP contribution in [0.1, 0.15) is 24.8 Å². The number of anilines is 1. The van der Waals surface area contributed by atoms with E-state index < -0.39 is 6.04 Å². The van der Waals surface area contributed by atoms with Crippen molar-refractivity contribution in [1.82, 2.24) is 10.6 Å². The molecule has 7 heteroatoms. The number of fused-ring (bicyclic) bond motifs is 1. The fraction of sp³-hybridized carbons (Fsp3) is 0.438. The largest absolute Gasteiger partial charge is 0.491 e. The second-order valence-electron chi connectivity index (χ2n) is 5.68. The number of hydrogen-bond acceptors (Lipinski definition) is 4. The van der Waals surface area contributed by atoms with Gasteiger partial charge in [-0.1, -0.05) is 6.07 Å². The maximum absolute atomic E-state index is 11.9. The van der Waals surface area contributed by atoms with E-state index in [9.17, 15) is 14.4 Å². The highest BCUT2D eigenvalue weighted by molar-refractivity contribution is 5.93. The van der Waals surface area contributed by atoms with Gasteiger partial charge < -0.3 is 20.7 Å². The third kappa shape index (κ3) is 3.80. The first-order chi connectivity index (χ1) is 11.1. The summed E-state index contributed by atoms with van der Waals surface area (Å²) in [5.74, 6) is 0.373. The molecule has 0 spiro atoms. The second-order valence-corrected chi connectivity index (χ2v) is 5.68. The molecule has 1 aromatic rings. The summed E-state index contributed by atoms with van der Waals surface area (Å²) < 4.78 is 5.50. The Kier molecular flexibility index (Phi) is 4.45. The van der Waals surface area contributed by atoms with Crippen molar-refractivity contribution in [3.05, 3.63) is 23.8 Å². The van der Waals surface area contributed by atoms with Gasteiger partial charge in [0.2, 0.25) is 17.7 Å². The minimum absolute atomic E-state index is 0.0637. The number of carbonyl (C=O) groups excluding carboxylic acids is 3. The van der Waals surface area contributed by atoms with E-state index in [4.69, 9.17) is 4.74 Å². The number of amides is 3. The van der Waals surface area contributed by atoms with Crippen LogP contribution in [-0.4, -0.2) is 36.9 Å². The van der Waals surface area contributed by atoms with Gasteiger partial charge in [-0.3, -0.25) is 14.4 Å². The molecule has 3 amide bonds. The molecule has 2 aliphatic heterocycles. The molecule has 2 heterocycles. The van der Waals surface area contributed by atoms with Crippen molar-refractivity contribution in [1.29, 1.82) is 0 Å². The molecular formula is C16H19N3O4. The van der Waals surface area contributed by atoms with Crippen LogP contribution in [-0.2, 0) is 20.8 Å². The first-order valence-corrected chi connectivity index (χ1v) is 7.74. The smallest absolute Gasteiger partial charge is 0.242 e. The van der Waals surface area contributed by atoms with Crippen LogP contribution in [0.4, 0.5) is 5.69 Å². The van der Waals surface area contributed by atoms with Gasteiger partial charge in [-0.15, -0.1) is 0 Å². The molecule has 1 saturated heterocycles. The highest BCUT2D eigenvalue weighted by atomic mass is 16.5. The molecule has 0 saturated carbocycles. The van der Waals surface area contributed by atoms with Gasteiger partial charge in [0.15, 0.2) is 0 Å². The van der Waals surface area contributed by atoms with Crippen molar-refractivity contribution >= 4 is 23.4 Å². The molecule has 0 radical (unpaired) electrons. The Bertz CT molecular complexity index is 644. The predicted octanol–water partition coefficient (Wildman–Crippen LogP) is 0.345. The highest BCUT2D eigenvalue weighted by Crippen LogP contribution is 2.28. The Hall–Kier alpha value is -2.57. The number of nitrogens with one attached hydrogen (secondary N) is 3. The van der Waals surface area contributed by atoms with E-state index >= 15 is 0 Å². The third-order valence-electron chi connectivity index (χ3n) is 3.93. The molecule has 0 bridgehead atoms. The predicted molar refractivity (Wildman–Crippen MR) is 83.1 cm³/mol. The normalized spacial score (nSPS) is 19.9. The topological polar surface area (TPSA) is 96.5 Å². The van der Waals surface area contributed by atoms with Gasteiger partial charge in [0, 0.05) is 13.0 Å². The SMILES string of the molecule is O=C1CCOc2ccc(CCNC(=O)C3CCC(=O)N3)cc2N1. The molecule has 1 unspecified atom stereocenters. The first-order valence-electron chi connectivity index (χ1n) is 7.74. The van der Waals surface area contributed by atoms with Crippen molar-refractivity contribution in [2.24, 2.45) is 0 Å².